The Morgan fingerprint density at radius 1 is 1.11 bits per heavy atom. The summed E-state index contributed by atoms with van der Waals surface area (Å²) in [5, 5.41) is 0. The molecule has 0 N–H and O–H groups in total. The predicted octanol–water partition coefficient (Wildman–Crippen LogP) is 3.99. The lowest BCUT2D eigenvalue weighted by atomic mass is 9.75. The monoisotopic (exact) mass is 245 g/mol. The fourth-order valence-electron chi connectivity index (χ4n) is 3.27. The first-order valence-corrected chi connectivity index (χ1v) is 7.28. The quantitative estimate of drug-likeness (QED) is 0.775. The Morgan fingerprint density at radius 3 is 2.33 bits per heavy atom. The highest BCUT2D eigenvalue weighted by Gasteiger charge is 2.25. The Bertz CT molecular complexity index is 347. The minimum absolute atomic E-state index is 0.432. The molecule has 0 bridgehead atoms. The minimum Gasteiger partial charge on any atom is -0.306 e. The van der Waals surface area contributed by atoms with Crippen LogP contribution in [0, 0.1) is 11.3 Å². The fraction of sp³-hybridized carbons (Fsp3) is 0.647. The van der Waals surface area contributed by atoms with Crippen molar-refractivity contribution in [3.63, 3.8) is 0 Å². The van der Waals surface area contributed by atoms with Gasteiger partial charge in [-0.3, -0.25) is 0 Å². The van der Waals surface area contributed by atoms with Crippen LogP contribution in [0.5, 0.6) is 0 Å². The van der Waals surface area contributed by atoms with Crippen molar-refractivity contribution >= 4 is 0 Å². The summed E-state index contributed by atoms with van der Waals surface area (Å²) in [7, 11) is 2.24. The van der Waals surface area contributed by atoms with Gasteiger partial charge in [-0.05, 0) is 62.7 Å². The van der Waals surface area contributed by atoms with E-state index < -0.39 is 0 Å². The van der Waals surface area contributed by atoms with Crippen molar-refractivity contribution in [1.29, 1.82) is 0 Å². The highest BCUT2D eigenvalue weighted by molar-refractivity contribution is 5.16. The number of likely N-dealkylation sites (tertiary alicyclic amines) is 1. The molecule has 1 heteroatoms. The number of hydrogen-bond acceptors (Lipinski definition) is 1. The molecule has 1 fully saturated rings. The summed E-state index contributed by atoms with van der Waals surface area (Å²) in [6.07, 6.45) is 5.35. The van der Waals surface area contributed by atoms with Crippen LogP contribution >= 0.6 is 0 Å². The third kappa shape index (κ3) is 4.13. The largest absolute Gasteiger partial charge is 0.306 e. The molecule has 1 saturated heterocycles. The predicted molar refractivity (Wildman–Crippen MR) is 78.8 cm³/mol. The van der Waals surface area contributed by atoms with Gasteiger partial charge in [0.05, 0.1) is 0 Å². The molecule has 1 aliphatic heterocycles. The van der Waals surface area contributed by atoms with Crippen LogP contribution in [0.2, 0.25) is 0 Å². The first-order chi connectivity index (χ1) is 8.55. The lowest BCUT2D eigenvalue weighted by molar-refractivity contribution is 0.166. The fourth-order valence-corrected chi connectivity index (χ4v) is 3.27. The second-order valence-corrected chi connectivity index (χ2v) is 6.78. The highest BCUT2D eigenvalue weighted by atomic mass is 15.1. The molecule has 1 aromatic carbocycles. The lowest BCUT2D eigenvalue weighted by Gasteiger charge is -2.35. The molecule has 0 unspecified atom stereocenters. The second-order valence-electron chi connectivity index (χ2n) is 6.78. The molecule has 18 heavy (non-hydrogen) atoms. The molecule has 0 saturated carbocycles. The Labute approximate surface area is 112 Å². The van der Waals surface area contributed by atoms with E-state index in [1.165, 1.54) is 44.3 Å². The molecule has 1 heterocycles. The molecule has 100 valence electrons. The van der Waals surface area contributed by atoms with E-state index in [4.69, 9.17) is 0 Å². The zero-order chi connectivity index (χ0) is 13.0. The van der Waals surface area contributed by atoms with Crippen LogP contribution < -0.4 is 0 Å². The van der Waals surface area contributed by atoms with Crippen LogP contribution in [0.15, 0.2) is 30.3 Å². The molecule has 1 nitrogen and oxygen atoms in total. The molecule has 0 aromatic heterocycles. The van der Waals surface area contributed by atoms with Gasteiger partial charge in [-0.15, -0.1) is 0 Å². The van der Waals surface area contributed by atoms with E-state index in [0.717, 1.165) is 5.92 Å². The summed E-state index contributed by atoms with van der Waals surface area (Å²) < 4.78 is 0. The maximum atomic E-state index is 2.46. The van der Waals surface area contributed by atoms with Crippen molar-refractivity contribution in [2.24, 2.45) is 11.3 Å². The third-order valence-electron chi connectivity index (χ3n) is 4.20. The number of hydrogen-bond donors (Lipinski definition) is 0. The summed E-state index contributed by atoms with van der Waals surface area (Å²) in [6.45, 7) is 7.43. The minimum atomic E-state index is 0.432. The van der Waals surface area contributed by atoms with Gasteiger partial charge in [-0.1, -0.05) is 44.2 Å². The molecule has 0 spiro atoms. The van der Waals surface area contributed by atoms with Crippen LogP contribution in [-0.4, -0.2) is 25.0 Å². The van der Waals surface area contributed by atoms with Crippen LogP contribution in [0.1, 0.15) is 38.7 Å². The lowest BCUT2D eigenvalue weighted by Crippen LogP contribution is -2.32. The van der Waals surface area contributed by atoms with Crippen LogP contribution in [0.3, 0.4) is 0 Å². The van der Waals surface area contributed by atoms with E-state index >= 15 is 0 Å². The van der Waals surface area contributed by atoms with Crippen LogP contribution in [-0.2, 0) is 6.42 Å². The molecular formula is C17H27N. The summed E-state index contributed by atoms with van der Waals surface area (Å²) >= 11 is 0. The molecule has 0 aliphatic carbocycles. The van der Waals surface area contributed by atoms with Crippen molar-refractivity contribution in [1.82, 2.24) is 4.90 Å². The van der Waals surface area contributed by atoms with E-state index in [2.05, 4.69) is 56.1 Å². The molecule has 1 aromatic rings. The van der Waals surface area contributed by atoms with E-state index in [9.17, 15) is 0 Å². The highest BCUT2D eigenvalue weighted by Crippen LogP contribution is 2.34. The Balaban J connectivity index is 1.87. The number of benzene rings is 1. The summed E-state index contributed by atoms with van der Waals surface area (Å²) in [5.41, 5.74) is 1.91. The molecule has 0 atom stereocenters. The zero-order valence-corrected chi connectivity index (χ0v) is 12.2. The summed E-state index contributed by atoms with van der Waals surface area (Å²) in [6, 6.07) is 10.9. The van der Waals surface area contributed by atoms with Gasteiger partial charge < -0.3 is 4.90 Å². The average Bonchev–Trinajstić information content (AvgIpc) is 2.32. The number of piperidine rings is 1. The van der Waals surface area contributed by atoms with Gasteiger partial charge in [0.25, 0.3) is 0 Å². The van der Waals surface area contributed by atoms with Crippen molar-refractivity contribution in [2.45, 2.75) is 39.5 Å². The van der Waals surface area contributed by atoms with Gasteiger partial charge in [0, 0.05) is 0 Å². The van der Waals surface area contributed by atoms with Crippen LogP contribution in [0.4, 0.5) is 0 Å². The van der Waals surface area contributed by atoms with Crippen molar-refractivity contribution in [3.8, 4) is 0 Å². The molecule has 1 aliphatic rings. The van der Waals surface area contributed by atoms with Gasteiger partial charge in [0.2, 0.25) is 0 Å². The van der Waals surface area contributed by atoms with Gasteiger partial charge in [0.15, 0.2) is 0 Å². The standard InChI is InChI=1S/C17H27N/c1-17(2,13-15-7-5-4-6-8-15)14-16-9-11-18(3)12-10-16/h4-8,16H,9-14H2,1-3H3. The normalized spacial score (nSPS) is 19.1. The topological polar surface area (TPSA) is 3.24 Å². The van der Waals surface area contributed by atoms with Crippen LogP contribution in [0.25, 0.3) is 0 Å². The summed E-state index contributed by atoms with van der Waals surface area (Å²) in [5.74, 6) is 0.930. The SMILES string of the molecule is CN1CCC(CC(C)(C)Cc2ccccc2)CC1. The average molecular weight is 245 g/mol. The number of rotatable bonds is 4. The second kappa shape index (κ2) is 5.88. The first kappa shape index (κ1) is 13.6. The zero-order valence-electron chi connectivity index (χ0n) is 12.2. The Hall–Kier alpha value is -0.820. The summed E-state index contributed by atoms with van der Waals surface area (Å²) in [4.78, 5) is 2.46. The van der Waals surface area contributed by atoms with Gasteiger partial charge in [-0.25, -0.2) is 0 Å². The molecular weight excluding hydrogens is 218 g/mol. The maximum absolute atomic E-state index is 2.46. The van der Waals surface area contributed by atoms with Gasteiger partial charge >= 0.3 is 0 Å². The van der Waals surface area contributed by atoms with Gasteiger partial charge in [0.1, 0.15) is 0 Å². The van der Waals surface area contributed by atoms with E-state index in [-0.39, 0.29) is 0 Å². The number of nitrogens with zero attached hydrogens (tertiary/aromatic N) is 1. The van der Waals surface area contributed by atoms with Crippen molar-refractivity contribution < 1.29 is 0 Å². The molecule has 0 radical (unpaired) electrons. The smallest absolute Gasteiger partial charge is 0.00191 e. The first-order valence-electron chi connectivity index (χ1n) is 7.28. The van der Waals surface area contributed by atoms with E-state index in [1.807, 2.05) is 0 Å². The molecule has 0 amide bonds. The Kier molecular flexibility index (Phi) is 4.45. The maximum Gasteiger partial charge on any atom is -0.00191 e. The molecule has 2 rings (SSSR count). The third-order valence-corrected chi connectivity index (χ3v) is 4.20. The van der Waals surface area contributed by atoms with Crippen molar-refractivity contribution in [2.75, 3.05) is 20.1 Å². The van der Waals surface area contributed by atoms with E-state index in [1.54, 1.807) is 0 Å². The van der Waals surface area contributed by atoms with Crippen molar-refractivity contribution in [3.05, 3.63) is 35.9 Å². The van der Waals surface area contributed by atoms with E-state index in [0.29, 0.717) is 5.41 Å². The van der Waals surface area contributed by atoms with Gasteiger partial charge in [-0.2, -0.15) is 0 Å². The Morgan fingerprint density at radius 2 is 1.72 bits per heavy atom.